The first kappa shape index (κ1) is 18.8. The van der Waals surface area contributed by atoms with E-state index < -0.39 is 5.92 Å². The number of carbonyl (C=O) groups is 2. The van der Waals surface area contributed by atoms with Gasteiger partial charge in [-0.15, -0.1) is 0 Å². The standard InChI is InChI=1S/C21H24N2O4/c1-26-17-7-3-15(4-8-17)11-13-22-20(24)19-12-14-23(21(19)25)16-5-9-18(27-2)10-6-16/h3-10,19H,11-14H2,1-2H3,(H,22,24). The molecule has 1 unspecified atom stereocenters. The maximum absolute atomic E-state index is 12.6. The van der Waals surface area contributed by atoms with E-state index in [1.165, 1.54) is 0 Å². The highest BCUT2D eigenvalue weighted by Crippen LogP contribution is 2.27. The fourth-order valence-corrected chi connectivity index (χ4v) is 3.19. The maximum Gasteiger partial charge on any atom is 0.239 e. The zero-order chi connectivity index (χ0) is 19.2. The topological polar surface area (TPSA) is 67.9 Å². The molecule has 1 heterocycles. The molecular weight excluding hydrogens is 344 g/mol. The summed E-state index contributed by atoms with van der Waals surface area (Å²) in [6, 6.07) is 15.0. The van der Waals surface area contributed by atoms with Gasteiger partial charge in [0.15, 0.2) is 0 Å². The number of methoxy groups -OCH3 is 2. The second-order valence-electron chi connectivity index (χ2n) is 6.42. The lowest BCUT2D eigenvalue weighted by Gasteiger charge is -2.17. The summed E-state index contributed by atoms with van der Waals surface area (Å²) in [7, 11) is 3.23. The molecule has 1 N–H and O–H groups in total. The fourth-order valence-electron chi connectivity index (χ4n) is 3.19. The minimum Gasteiger partial charge on any atom is -0.497 e. The highest BCUT2D eigenvalue weighted by atomic mass is 16.5. The molecule has 0 aliphatic carbocycles. The minimum absolute atomic E-state index is 0.151. The molecule has 3 rings (SSSR count). The van der Waals surface area contributed by atoms with E-state index in [0.717, 1.165) is 22.7 Å². The third kappa shape index (κ3) is 4.39. The van der Waals surface area contributed by atoms with Crippen molar-refractivity contribution in [3.05, 3.63) is 54.1 Å². The second-order valence-corrected chi connectivity index (χ2v) is 6.42. The van der Waals surface area contributed by atoms with Gasteiger partial charge in [0.05, 0.1) is 14.2 Å². The number of nitrogens with one attached hydrogen (secondary N) is 1. The minimum atomic E-state index is -0.622. The monoisotopic (exact) mass is 368 g/mol. The molecule has 0 saturated carbocycles. The number of hydrogen-bond donors (Lipinski definition) is 1. The molecule has 0 aromatic heterocycles. The molecule has 2 aromatic rings. The summed E-state index contributed by atoms with van der Waals surface area (Å²) in [5.74, 6) is 0.561. The highest BCUT2D eigenvalue weighted by molar-refractivity contribution is 6.09. The van der Waals surface area contributed by atoms with Crippen LogP contribution < -0.4 is 19.7 Å². The quantitative estimate of drug-likeness (QED) is 0.762. The van der Waals surface area contributed by atoms with E-state index in [1.807, 2.05) is 48.5 Å². The molecule has 0 bridgehead atoms. The Morgan fingerprint density at radius 1 is 1.04 bits per heavy atom. The van der Waals surface area contributed by atoms with Gasteiger partial charge >= 0.3 is 0 Å². The average molecular weight is 368 g/mol. The van der Waals surface area contributed by atoms with Crippen molar-refractivity contribution in [1.82, 2.24) is 5.32 Å². The van der Waals surface area contributed by atoms with Crippen LogP contribution in [0.25, 0.3) is 0 Å². The average Bonchev–Trinajstić information content (AvgIpc) is 3.10. The molecule has 1 aliphatic heterocycles. The molecular formula is C21H24N2O4. The molecule has 2 aromatic carbocycles. The van der Waals surface area contributed by atoms with Crippen LogP contribution in [0.3, 0.4) is 0 Å². The molecule has 1 saturated heterocycles. The maximum atomic E-state index is 12.6. The fraction of sp³-hybridized carbons (Fsp3) is 0.333. The molecule has 1 atom stereocenters. The van der Waals surface area contributed by atoms with Gasteiger partial charge in [-0.25, -0.2) is 0 Å². The van der Waals surface area contributed by atoms with Gasteiger partial charge in [-0.2, -0.15) is 0 Å². The predicted molar refractivity (Wildman–Crippen MR) is 103 cm³/mol. The van der Waals surface area contributed by atoms with Gasteiger partial charge in [0.25, 0.3) is 0 Å². The summed E-state index contributed by atoms with van der Waals surface area (Å²) >= 11 is 0. The summed E-state index contributed by atoms with van der Waals surface area (Å²) in [6.07, 6.45) is 1.23. The van der Waals surface area contributed by atoms with E-state index in [0.29, 0.717) is 25.9 Å². The van der Waals surface area contributed by atoms with E-state index in [1.54, 1.807) is 19.1 Å². The molecule has 2 amide bonds. The number of hydrogen-bond acceptors (Lipinski definition) is 4. The Morgan fingerprint density at radius 3 is 2.22 bits per heavy atom. The molecule has 142 valence electrons. The third-order valence-corrected chi connectivity index (χ3v) is 4.78. The van der Waals surface area contributed by atoms with Crippen LogP contribution in [-0.2, 0) is 16.0 Å². The van der Waals surface area contributed by atoms with E-state index >= 15 is 0 Å². The lowest BCUT2D eigenvalue weighted by atomic mass is 10.1. The van der Waals surface area contributed by atoms with Gasteiger partial charge < -0.3 is 19.7 Å². The van der Waals surface area contributed by atoms with Crippen LogP contribution in [0.15, 0.2) is 48.5 Å². The Morgan fingerprint density at radius 2 is 1.63 bits per heavy atom. The first-order chi connectivity index (χ1) is 13.1. The number of rotatable bonds is 7. The molecule has 27 heavy (non-hydrogen) atoms. The van der Waals surface area contributed by atoms with Crippen LogP contribution in [0, 0.1) is 5.92 Å². The van der Waals surface area contributed by atoms with Crippen molar-refractivity contribution in [1.29, 1.82) is 0 Å². The highest BCUT2D eigenvalue weighted by Gasteiger charge is 2.37. The third-order valence-electron chi connectivity index (χ3n) is 4.78. The lowest BCUT2D eigenvalue weighted by Crippen LogP contribution is -2.37. The summed E-state index contributed by atoms with van der Waals surface area (Å²) < 4.78 is 10.3. The van der Waals surface area contributed by atoms with Crippen molar-refractivity contribution < 1.29 is 19.1 Å². The Hall–Kier alpha value is -3.02. The van der Waals surface area contributed by atoms with Gasteiger partial charge in [0, 0.05) is 18.8 Å². The lowest BCUT2D eigenvalue weighted by molar-refractivity contribution is -0.132. The van der Waals surface area contributed by atoms with Crippen molar-refractivity contribution in [2.24, 2.45) is 5.92 Å². The summed E-state index contributed by atoms with van der Waals surface area (Å²) in [5, 5.41) is 2.88. The zero-order valence-corrected chi connectivity index (χ0v) is 15.6. The number of nitrogens with zero attached hydrogens (tertiary/aromatic N) is 1. The first-order valence-electron chi connectivity index (χ1n) is 8.98. The molecule has 1 fully saturated rings. The van der Waals surface area contributed by atoms with E-state index in [2.05, 4.69) is 5.32 Å². The van der Waals surface area contributed by atoms with Gasteiger partial charge in [0.1, 0.15) is 17.4 Å². The van der Waals surface area contributed by atoms with Crippen LogP contribution in [0.2, 0.25) is 0 Å². The molecule has 0 spiro atoms. The van der Waals surface area contributed by atoms with Crippen molar-refractivity contribution in [3.63, 3.8) is 0 Å². The molecule has 0 radical (unpaired) electrons. The number of ether oxygens (including phenoxy) is 2. The number of anilines is 1. The summed E-state index contributed by atoms with van der Waals surface area (Å²) in [6.45, 7) is 1.04. The van der Waals surface area contributed by atoms with Gasteiger partial charge in [-0.3, -0.25) is 9.59 Å². The van der Waals surface area contributed by atoms with Crippen molar-refractivity contribution in [2.75, 3.05) is 32.2 Å². The van der Waals surface area contributed by atoms with Gasteiger partial charge in [-0.1, -0.05) is 12.1 Å². The Balaban J connectivity index is 1.51. The normalized spacial score (nSPS) is 16.3. The SMILES string of the molecule is COc1ccc(CCNC(=O)C2CCN(c3ccc(OC)cc3)C2=O)cc1. The van der Waals surface area contributed by atoms with Gasteiger partial charge in [0.2, 0.25) is 11.8 Å². The van der Waals surface area contributed by atoms with Crippen LogP contribution in [-0.4, -0.2) is 39.1 Å². The molecule has 6 heteroatoms. The Bertz CT molecular complexity index is 787. The van der Waals surface area contributed by atoms with Crippen molar-refractivity contribution in [2.45, 2.75) is 12.8 Å². The second kappa shape index (κ2) is 8.58. The number of benzene rings is 2. The summed E-state index contributed by atoms with van der Waals surface area (Å²) in [4.78, 5) is 26.7. The zero-order valence-electron chi connectivity index (χ0n) is 15.6. The van der Waals surface area contributed by atoms with Crippen molar-refractivity contribution >= 4 is 17.5 Å². The molecule has 1 aliphatic rings. The van der Waals surface area contributed by atoms with Crippen LogP contribution in [0.1, 0.15) is 12.0 Å². The van der Waals surface area contributed by atoms with Crippen molar-refractivity contribution in [3.8, 4) is 11.5 Å². The largest absolute Gasteiger partial charge is 0.497 e. The Kier molecular flexibility index (Phi) is 5.96. The van der Waals surface area contributed by atoms with E-state index in [4.69, 9.17) is 9.47 Å². The molecule has 6 nitrogen and oxygen atoms in total. The van der Waals surface area contributed by atoms with Crippen LogP contribution in [0.5, 0.6) is 11.5 Å². The van der Waals surface area contributed by atoms with Crippen LogP contribution in [0.4, 0.5) is 5.69 Å². The van der Waals surface area contributed by atoms with Crippen LogP contribution >= 0.6 is 0 Å². The van der Waals surface area contributed by atoms with E-state index in [-0.39, 0.29) is 11.8 Å². The summed E-state index contributed by atoms with van der Waals surface area (Å²) in [5.41, 5.74) is 1.89. The van der Waals surface area contributed by atoms with Gasteiger partial charge in [-0.05, 0) is 54.8 Å². The van der Waals surface area contributed by atoms with E-state index in [9.17, 15) is 9.59 Å². The Labute approximate surface area is 159 Å². The smallest absolute Gasteiger partial charge is 0.239 e. The first-order valence-corrected chi connectivity index (χ1v) is 8.98. The number of carbonyl (C=O) groups excluding carboxylic acids is 2. The number of amides is 2. The predicted octanol–water partition coefficient (Wildman–Crippen LogP) is 2.42.